The molecule has 0 aromatic heterocycles. The lowest BCUT2D eigenvalue weighted by molar-refractivity contribution is -0.104. The van der Waals surface area contributed by atoms with Crippen molar-refractivity contribution in [1.29, 1.82) is 0 Å². The van der Waals surface area contributed by atoms with Gasteiger partial charge in [-0.2, -0.15) is 0 Å². The second kappa shape index (κ2) is 6.20. The fourth-order valence-electron chi connectivity index (χ4n) is 1.45. The number of allylic oxidation sites excluding steroid dienone is 2. The minimum absolute atomic E-state index is 0.179. The molecular formula is C16H24O2Si. The summed E-state index contributed by atoms with van der Waals surface area (Å²) >= 11 is 0. The number of para-hydroxylation sites is 1. The molecule has 104 valence electrons. The van der Waals surface area contributed by atoms with Gasteiger partial charge >= 0.3 is 0 Å². The summed E-state index contributed by atoms with van der Waals surface area (Å²) in [5, 5.41) is 0.179. The first-order valence-electron chi connectivity index (χ1n) is 6.65. The molecule has 2 nitrogen and oxygen atoms in total. The Labute approximate surface area is 117 Å². The molecule has 0 amide bonds. The zero-order valence-corrected chi connectivity index (χ0v) is 13.6. The Hall–Kier alpha value is -1.35. The van der Waals surface area contributed by atoms with E-state index in [2.05, 4.69) is 39.9 Å². The third kappa shape index (κ3) is 4.35. The highest BCUT2D eigenvalue weighted by molar-refractivity contribution is 6.74. The summed E-state index contributed by atoms with van der Waals surface area (Å²) in [6.07, 6.45) is 4.92. The first kappa shape index (κ1) is 15.7. The van der Waals surface area contributed by atoms with Crippen molar-refractivity contribution < 1.29 is 9.22 Å². The fourth-order valence-corrected chi connectivity index (χ4v) is 2.51. The van der Waals surface area contributed by atoms with E-state index in [1.165, 1.54) is 6.08 Å². The Morgan fingerprint density at radius 2 is 1.84 bits per heavy atom. The van der Waals surface area contributed by atoms with Gasteiger partial charge in [0, 0.05) is 0 Å². The molecule has 0 saturated carbocycles. The number of aldehydes is 1. The third-order valence-electron chi connectivity index (χ3n) is 3.70. The summed E-state index contributed by atoms with van der Waals surface area (Å²) in [5.41, 5.74) is 1.13. The predicted molar refractivity (Wildman–Crippen MR) is 83.2 cm³/mol. The first-order chi connectivity index (χ1) is 8.78. The van der Waals surface area contributed by atoms with Gasteiger partial charge in [0.25, 0.3) is 0 Å². The van der Waals surface area contributed by atoms with Crippen LogP contribution in [0.2, 0.25) is 18.1 Å². The molecule has 3 heteroatoms. The Bertz CT molecular complexity index is 456. The van der Waals surface area contributed by atoms with Gasteiger partial charge < -0.3 is 4.43 Å². The smallest absolute Gasteiger partial charge is 0.250 e. The fraction of sp³-hybridized carbons (Fsp3) is 0.438. The average Bonchev–Trinajstić information content (AvgIpc) is 2.30. The summed E-state index contributed by atoms with van der Waals surface area (Å²) in [7, 11) is -1.82. The molecule has 0 fully saturated rings. The lowest BCUT2D eigenvalue weighted by atomic mass is 10.1. The van der Waals surface area contributed by atoms with Gasteiger partial charge in [0.1, 0.15) is 12.0 Å². The van der Waals surface area contributed by atoms with Gasteiger partial charge in [-0.1, -0.05) is 45.0 Å². The second-order valence-electron chi connectivity index (χ2n) is 6.24. The van der Waals surface area contributed by atoms with Gasteiger partial charge in [-0.3, -0.25) is 4.79 Å². The Morgan fingerprint density at radius 3 is 2.42 bits per heavy atom. The molecule has 0 bridgehead atoms. The number of benzene rings is 1. The molecule has 1 aromatic carbocycles. The van der Waals surface area contributed by atoms with Crippen molar-refractivity contribution in [3.8, 4) is 5.75 Å². The minimum atomic E-state index is -1.82. The van der Waals surface area contributed by atoms with Crippen molar-refractivity contribution in [3.05, 3.63) is 42.0 Å². The monoisotopic (exact) mass is 276 g/mol. The Balaban J connectivity index is 2.95. The standard InChI is InChI=1S/C16H24O2Si/c1-16(2,3)19(4,5)18-15-12-7-6-10-14(15)11-8-9-13-17/h6-10,12-13H,11H2,1-5H3/b9-8+. The number of hydrogen-bond acceptors (Lipinski definition) is 2. The van der Waals surface area contributed by atoms with Crippen LogP contribution in [0.3, 0.4) is 0 Å². The summed E-state index contributed by atoms with van der Waals surface area (Å²) in [5.74, 6) is 0.949. The minimum Gasteiger partial charge on any atom is -0.543 e. The van der Waals surface area contributed by atoms with Gasteiger partial charge in [0.05, 0.1) is 0 Å². The van der Waals surface area contributed by atoms with E-state index in [4.69, 9.17) is 4.43 Å². The first-order valence-corrected chi connectivity index (χ1v) is 9.56. The van der Waals surface area contributed by atoms with Crippen LogP contribution in [-0.4, -0.2) is 14.6 Å². The van der Waals surface area contributed by atoms with Crippen LogP contribution >= 0.6 is 0 Å². The number of hydrogen-bond donors (Lipinski definition) is 0. The van der Waals surface area contributed by atoms with Crippen molar-refractivity contribution in [2.24, 2.45) is 0 Å². The zero-order chi connectivity index (χ0) is 14.5. The molecule has 0 unspecified atom stereocenters. The van der Waals surface area contributed by atoms with Crippen molar-refractivity contribution in [1.82, 2.24) is 0 Å². The van der Waals surface area contributed by atoms with Gasteiger partial charge in [0.2, 0.25) is 8.32 Å². The van der Waals surface area contributed by atoms with Crippen LogP contribution in [0.25, 0.3) is 0 Å². The van der Waals surface area contributed by atoms with E-state index >= 15 is 0 Å². The summed E-state index contributed by atoms with van der Waals surface area (Å²) < 4.78 is 6.34. The molecule has 0 aliphatic heterocycles. The normalized spacial score (nSPS) is 12.7. The molecule has 1 aromatic rings. The quantitative estimate of drug-likeness (QED) is 0.453. The second-order valence-corrected chi connectivity index (χ2v) is 11.0. The molecular weight excluding hydrogens is 252 g/mol. The van der Waals surface area contributed by atoms with Crippen LogP contribution in [0.5, 0.6) is 5.75 Å². The lowest BCUT2D eigenvalue weighted by Crippen LogP contribution is -2.44. The van der Waals surface area contributed by atoms with Gasteiger partial charge in [-0.25, -0.2) is 0 Å². The van der Waals surface area contributed by atoms with E-state index in [1.807, 2.05) is 24.3 Å². The van der Waals surface area contributed by atoms with Crippen LogP contribution in [0, 0.1) is 0 Å². The topological polar surface area (TPSA) is 26.3 Å². The van der Waals surface area contributed by atoms with E-state index in [-0.39, 0.29) is 5.04 Å². The Morgan fingerprint density at radius 1 is 1.21 bits per heavy atom. The molecule has 19 heavy (non-hydrogen) atoms. The SMILES string of the molecule is CC(C)(C)[Si](C)(C)Oc1ccccc1C/C=C/C=O. The van der Waals surface area contributed by atoms with Gasteiger partial charge in [0.15, 0.2) is 0 Å². The van der Waals surface area contributed by atoms with Crippen LogP contribution in [-0.2, 0) is 11.2 Å². The van der Waals surface area contributed by atoms with E-state index in [1.54, 1.807) is 0 Å². The molecule has 1 rings (SSSR count). The zero-order valence-electron chi connectivity index (χ0n) is 12.6. The van der Waals surface area contributed by atoms with Crippen LogP contribution in [0.1, 0.15) is 26.3 Å². The maximum atomic E-state index is 10.3. The number of carbonyl (C=O) groups is 1. The summed E-state index contributed by atoms with van der Waals surface area (Å²) in [6.45, 7) is 11.2. The van der Waals surface area contributed by atoms with Gasteiger partial charge in [-0.05, 0) is 42.3 Å². The van der Waals surface area contributed by atoms with E-state index in [0.717, 1.165) is 24.0 Å². The molecule has 0 saturated heterocycles. The largest absolute Gasteiger partial charge is 0.543 e. The molecule has 0 aliphatic carbocycles. The third-order valence-corrected chi connectivity index (χ3v) is 8.04. The van der Waals surface area contributed by atoms with E-state index < -0.39 is 8.32 Å². The summed E-state index contributed by atoms with van der Waals surface area (Å²) in [6, 6.07) is 8.07. The van der Waals surface area contributed by atoms with Crippen molar-refractivity contribution in [2.45, 2.75) is 45.3 Å². The Kier molecular flexibility index (Phi) is 5.12. The lowest BCUT2D eigenvalue weighted by Gasteiger charge is -2.37. The van der Waals surface area contributed by atoms with Crippen LogP contribution in [0.4, 0.5) is 0 Å². The van der Waals surface area contributed by atoms with Crippen molar-refractivity contribution in [3.63, 3.8) is 0 Å². The average molecular weight is 276 g/mol. The van der Waals surface area contributed by atoms with Crippen LogP contribution < -0.4 is 4.43 Å². The highest BCUT2D eigenvalue weighted by Gasteiger charge is 2.39. The predicted octanol–water partition coefficient (Wildman–Crippen LogP) is 4.37. The van der Waals surface area contributed by atoms with E-state index in [9.17, 15) is 4.79 Å². The van der Waals surface area contributed by atoms with Gasteiger partial charge in [-0.15, -0.1) is 0 Å². The molecule has 0 aliphatic rings. The maximum absolute atomic E-state index is 10.3. The molecule has 0 atom stereocenters. The molecule has 0 spiro atoms. The number of rotatable bonds is 5. The van der Waals surface area contributed by atoms with Crippen molar-refractivity contribution >= 4 is 14.6 Å². The molecule has 0 radical (unpaired) electrons. The molecule has 0 N–H and O–H groups in total. The molecule has 0 heterocycles. The van der Waals surface area contributed by atoms with E-state index in [0.29, 0.717) is 0 Å². The van der Waals surface area contributed by atoms with Crippen molar-refractivity contribution in [2.75, 3.05) is 0 Å². The number of carbonyl (C=O) groups excluding carboxylic acids is 1. The highest BCUT2D eigenvalue weighted by atomic mass is 28.4. The summed E-state index contributed by atoms with van der Waals surface area (Å²) in [4.78, 5) is 10.3. The maximum Gasteiger partial charge on any atom is 0.250 e. The highest BCUT2D eigenvalue weighted by Crippen LogP contribution is 2.38. The van der Waals surface area contributed by atoms with Crippen LogP contribution in [0.15, 0.2) is 36.4 Å².